The van der Waals surface area contributed by atoms with Crippen molar-refractivity contribution in [2.45, 2.75) is 6.42 Å². The quantitative estimate of drug-likeness (QED) is 0.740. The molecule has 21 heavy (non-hydrogen) atoms. The molecule has 0 bridgehead atoms. The smallest absolute Gasteiger partial charge is 0.257 e. The van der Waals surface area contributed by atoms with E-state index in [0.29, 0.717) is 22.5 Å². The summed E-state index contributed by atoms with van der Waals surface area (Å²) >= 11 is 3.30. The van der Waals surface area contributed by atoms with Crippen molar-refractivity contribution in [2.75, 3.05) is 11.1 Å². The molecule has 2 amide bonds. The summed E-state index contributed by atoms with van der Waals surface area (Å²) in [6.45, 7) is 0. The summed E-state index contributed by atoms with van der Waals surface area (Å²) in [6.07, 6.45) is 0.0599. The fraction of sp³-hybridized carbons (Fsp3) is 0.0667. The van der Waals surface area contributed by atoms with Gasteiger partial charge in [-0.3, -0.25) is 9.59 Å². The standard InChI is InChI=1S/C15H14BrN3O2/c16-10-5-6-12(17)11(8-10)15(21)19-13-4-2-1-3-9(13)7-14(18)20/h1-6,8H,7,17H2,(H2,18,20)(H,19,21). The van der Waals surface area contributed by atoms with Crippen molar-refractivity contribution in [2.24, 2.45) is 5.73 Å². The highest BCUT2D eigenvalue weighted by atomic mass is 79.9. The third kappa shape index (κ3) is 3.82. The predicted molar refractivity (Wildman–Crippen MR) is 85.8 cm³/mol. The van der Waals surface area contributed by atoms with Crippen LogP contribution in [0.15, 0.2) is 46.9 Å². The van der Waals surface area contributed by atoms with Crippen LogP contribution in [0.25, 0.3) is 0 Å². The van der Waals surface area contributed by atoms with E-state index in [1.54, 1.807) is 42.5 Å². The zero-order valence-corrected chi connectivity index (χ0v) is 12.7. The van der Waals surface area contributed by atoms with Crippen molar-refractivity contribution in [3.05, 3.63) is 58.1 Å². The molecule has 0 saturated heterocycles. The molecule has 0 aliphatic heterocycles. The first-order chi connectivity index (χ1) is 9.97. The van der Waals surface area contributed by atoms with Crippen LogP contribution >= 0.6 is 15.9 Å². The minimum absolute atomic E-state index is 0.0599. The maximum absolute atomic E-state index is 12.3. The molecule has 5 N–H and O–H groups in total. The van der Waals surface area contributed by atoms with Crippen LogP contribution in [0.3, 0.4) is 0 Å². The molecule has 0 aliphatic carbocycles. The number of carbonyl (C=O) groups excluding carboxylic acids is 2. The molecular weight excluding hydrogens is 334 g/mol. The molecule has 0 aliphatic rings. The molecule has 5 nitrogen and oxygen atoms in total. The van der Waals surface area contributed by atoms with Gasteiger partial charge in [-0.25, -0.2) is 0 Å². The number of para-hydroxylation sites is 1. The van der Waals surface area contributed by atoms with Crippen molar-refractivity contribution < 1.29 is 9.59 Å². The number of nitrogens with two attached hydrogens (primary N) is 2. The lowest BCUT2D eigenvalue weighted by molar-refractivity contribution is -0.117. The second kappa shape index (κ2) is 6.41. The van der Waals surface area contributed by atoms with Gasteiger partial charge in [0.1, 0.15) is 0 Å². The highest BCUT2D eigenvalue weighted by Gasteiger charge is 2.13. The second-order valence-electron chi connectivity index (χ2n) is 4.49. The van der Waals surface area contributed by atoms with E-state index in [9.17, 15) is 9.59 Å². The third-order valence-electron chi connectivity index (χ3n) is 2.89. The highest BCUT2D eigenvalue weighted by Crippen LogP contribution is 2.21. The summed E-state index contributed by atoms with van der Waals surface area (Å²) < 4.78 is 0.757. The van der Waals surface area contributed by atoms with Crippen LogP contribution in [-0.2, 0) is 11.2 Å². The fourth-order valence-corrected chi connectivity index (χ4v) is 2.26. The van der Waals surface area contributed by atoms with E-state index in [0.717, 1.165) is 4.47 Å². The van der Waals surface area contributed by atoms with Crippen LogP contribution < -0.4 is 16.8 Å². The van der Waals surface area contributed by atoms with E-state index in [2.05, 4.69) is 21.2 Å². The molecule has 2 aromatic carbocycles. The molecule has 0 radical (unpaired) electrons. The molecule has 0 saturated carbocycles. The van der Waals surface area contributed by atoms with E-state index in [4.69, 9.17) is 11.5 Å². The lowest BCUT2D eigenvalue weighted by Crippen LogP contribution is -2.18. The topological polar surface area (TPSA) is 98.2 Å². The Kier molecular flexibility index (Phi) is 4.59. The Hall–Kier alpha value is -2.34. The third-order valence-corrected chi connectivity index (χ3v) is 3.38. The molecule has 0 spiro atoms. The van der Waals surface area contributed by atoms with Crippen LogP contribution in [0.2, 0.25) is 0 Å². The molecule has 108 valence electrons. The van der Waals surface area contributed by atoms with E-state index >= 15 is 0 Å². The van der Waals surface area contributed by atoms with E-state index in [1.807, 2.05) is 0 Å². The van der Waals surface area contributed by atoms with Gasteiger partial charge in [-0.2, -0.15) is 0 Å². The summed E-state index contributed by atoms with van der Waals surface area (Å²) in [7, 11) is 0. The van der Waals surface area contributed by atoms with Crippen molar-refractivity contribution in [1.82, 2.24) is 0 Å². The first-order valence-corrected chi connectivity index (χ1v) is 6.99. The normalized spacial score (nSPS) is 10.1. The van der Waals surface area contributed by atoms with Crippen molar-refractivity contribution in [1.29, 1.82) is 0 Å². The highest BCUT2D eigenvalue weighted by molar-refractivity contribution is 9.10. The van der Waals surface area contributed by atoms with Gasteiger partial charge in [-0.05, 0) is 29.8 Å². The minimum atomic E-state index is -0.460. The van der Waals surface area contributed by atoms with Gasteiger partial charge in [0.25, 0.3) is 5.91 Å². The molecule has 2 rings (SSSR count). The van der Waals surface area contributed by atoms with E-state index < -0.39 is 5.91 Å². The molecule has 0 aromatic heterocycles. The fourth-order valence-electron chi connectivity index (χ4n) is 1.90. The molecule has 6 heteroatoms. The van der Waals surface area contributed by atoms with Crippen molar-refractivity contribution >= 4 is 39.1 Å². The molecule has 0 unspecified atom stereocenters. The molecule has 0 fully saturated rings. The summed E-state index contributed by atoms with van der Waals surface area (Å²) in [4.78, 5) is 23.4. The van der Waals surface area contributed by atoms with Crippen molar-refractivity contribution in [3.8, 4) is 0 Å². The number of anilines is 2. The Bertz CT molecular complexity index is 701. The first kappa shape index (κ1) is 15.1. The first-order valence-electron chi connectivity index (χ1n) is 6.20. The number of primary amides is 1. The van der Waals surface area contributed by atoms with E-state index in [1.165, 1.54) is 0 Å². The maximum Gasteiger partial charge on any atom is 0.257 e. The number of halogens is 1. The van der Waals surface area contributed by atoms with Gasteiger partial charge >= 0.3 is 0 Å². The van der Waals surface area contributed by atoms with Crippen LogP contribution in [0.5, 0.6) is 0 Å². The Morgan fingerprint density at radius 2 is 1.86 bits per heavy atom. The Morgan fingerprint density at radius 3 is 2.57 bits per heavy atom. The van der Waals surface area contributed by atoms with Gasteiger partial charge in [0.15, 0.2) is 0 Å². The summed E-state index contributed by atoms with van der Waals surface area (Å²) in [6, 6.07) is 12.0. The zero-order chi connectivity index (χ0) is 15.4. The van der Waals surface area contributed by atoms with Crippen LogP contribution in [-0.4, -0.2) is 11.8 Å². The lowest BCUT2D eigenvalue weighted by atomic mass is 10.1. The average Bonchev–Trinajstić information content (AvgIpc) is 2.43. The number of nitrogen functional groups attached to an aromatic ring is 1. The lowest BCUT2D eigenvalue weighted by Gasteiger charge is -2.11. The number of rotatable bonds is 4. The summed E-state index contributed by atoms with van der Waals surface area (Å²) in [5.74, 6) is -0.801. The zero-order valence-electron chi connectivity index (χ0n) is 11.1. The number of hydrogen-bond acceptors (Lipinski definition) is 3. The predicted octanol–water partition coefficient (Wildman–Crippen LogP) is 2.31. The number of benzene rings is 2. The average molecular weight is 348 g/mol. The van der Waals surface area contributed by atoms with Crippen LogP contribution in [0, 0.1) is 0 Å². The number of carbonyl (C=O) groups is 2. The Morgan fingerprint density at radius 1 is 1.14 bits per heavy atom. The molecular formula is C15H14BrN3O2. The molecule has 0 atom stereocenters. The Balaban J connectivity index is 2.27. The van der Waals surface area contributed by atoms with Crippen LogP contribution in [0.1, 0.15) is 15.9 Å². The molecule has 2 aromatic rings. The van der Waals surface area contributed by atoms with Gasteiger partial charge < -0.3 is 16.8 Å². The summed E-state index contributed by atoms with van der Waals surface area (Å²) in [5.41, 5.74) is 12.9. The van der Waals surface area contributed by atoms with Gasteiger partial charge in [0.2, 0.25) is 5.91 Å². The SMILES string of the molecule is NC(=O)Cc1ccccc1NC(=O)c1cc(Br)ccc1N. The maximum atomic E-state index is 12.3. The monoisotopic (exact) mass is 347 g/mol. The van der Waals surface area contributed by atoms with Gasteiger partial charge in [0, 0.05) is 15.8 Å². The van der Waals surface area contributed by atoms with Crippen LogP contribution in [0.4, 0.5) is 11.4 Å². The van der Waals surface area contributed by atoms with Gasteiger partial charge in [-0.1, -0.05) is 34.1 Å². The number of nitrogens with one attached hydrogen (secondary N) is 1. The largest absolute Gasteiger partial charge is 0.398 e. The second-order valence-corrected chi connectivity index (χ2v) is 5.40. The number of hydrogen-bond donors (Lipinski definition) is 3. The minimum Gasteiger partial charge on any atom is -0.398 e. The Labute approximate surface area is 130 Å². The summed E-state index contributed by atoms with van der Waals surface area (Å²) in [5, 5.41) is 2.75. The van der Waals surface area contributed by atoms with Crippen molar-refractivity contribution in [3.63, 3.8) is 0 Å². The van der Waals surface area contributed by atoms with E-state index in [-0.39, 0.29) is 12.3 Å². The molecule has 0 heterocycles. The number of amides is 2. The van der Waals surface area contributed by atoms with Gasteiger partial charge in [0.05, 0.1) is 12.0 Å². The van der Waals surface area contributed by atoms with Gasteiger partial charge in [-0.15, -0.1) is 0 Å².